The van der Waals surface area contributed by atoms with Crippen molar-refractivity contribution in [1.82, 2.24) is 0 Å². The first-order valence-corrected chi connectivity index (χ1v) is 7.93. The molecule has 20 heavy (non-hydrogen) atoms. The number of nitrogens with one attached hydrogen (secondary N) is 1. The average molecular weight is 319 g/mol. The Kier molecular flexibility index (Phi) is 4.33. The molecule has 0 spiro atoms. The Balaban J connectivity index is 2.26. The fourth-order valence-corrected chi connectivity index (χ4v) is 3.00. The summed E-state index contributed by atoms with van der Waals surface area (Å²) in [5, 5.41) is 7.91. The lowest BCUT2D eigenvalue weighted by Gasteiger charge is -2.14. The van der Waals surface area contributed by atoms with Crippen molar-refractivity contribution >= 4 is 33.2 Å². The molecule has 3 N–H and O–H groups in total. The molecule has 0 bridgehead atoms. The monoisotopic (exact) mass is 318 g/mol. The van der Waals surface area contributed by atoms with Gasteiger partial charge in [-0.15, -0.1) is 0 Å². The van der Waals surface area contributed by atoms with Gasteiger partial charge in [0.15, 0.2) is 0 Å². The lowest BCUT2D eigenvalue weighted by atomic mass is 10.1. The summed E-state index contributed by atoms with van der Waals surface area (Å²) in [5.74, 6) is -0.390. The van der Waals surface area contributed by atoms with E-state index in [4.69, 9.17) is 21.5 Å². The van der Waals surface area contributed by atoms with Crippen molar-refractivity contribution in [2.24, 2.45) is 11.1 Å². The van der Waals surface area contributed by atoms with Crippen LogP contribution in [-0.4, -0.2) is 27.5 Å². The van der Waals surface area contributed by atoms with E-state index >= 15 is 0 Å². The molecule has 1 aliphatic heterocycles. The summed E-state index contributed by atoms with van der Waals surface area (Å²) in [6.45, 7) is 2.61. The van der Waals surface area contributed by atoms with E-state index in [1.165, 1.54) is 12.1 Å². The molecule has 1 saturated heterocycles. The number of amides is 1. The molecule has 2 rings (SSSR count). The normalized spacial score (nSPS) is 19.1. The maximum atomic E-state index is 12.0. The zero-order valence-corrected chi connectivity index (χ0v) is 12.4. The maximum Gasteiger partial charge on any atom is 0.238 e. The number of ether oxygens (including phenoxy) is 1. The Labute approximate surface area is 122 Å². The predicted molar refractivity (Wildman–Crippen MR) is 75.1 cm³/mol. The zero-order valence-electron chi connectivity index (χ0n) is 10.8. The second-order valence-electron chi connectivity index (χ2n) is 4.69. The number of rotatable bonds is 3. The van der Waals surface area contributed by atoms with Gasteiger partial charge in [-0.3, -0.25) is 4.79 Å². The van der Waals surface area contributed by atoms with Gasteiger partial charge in [0.25, 0.3) is 0 Å². The number of benzene rings is 1. The summed E-state index contributed by atoms with van der Waals surface area (Å²) in [6, 6.07) is 2.60. The van der Waals surface area contributed by atoms with E-state index in [0.717, 1.165) is 0 Å². The Morgan fingerprint density at radius 1 is 1.50 bits per heavy atom. The number of halogens is 1. The molecule has 110 valence electrons. The van der Waals surface area contributed by atoms with Crippen LogP contribution in [0.5, 0.6) is 0 Å². The summed E-state index contributed by atoms with van der Waals surface area (Å²) in [6.07, 6.45) is 0.664. The highest BCUT2D eigenvalue weighted by atomic mass is 35.5. The highest BCUT2D eigenvalue weighted by Gasteiger charge is 2.25. The summed E-state index contributed by atoms with van der Waals surface area (Å²) in [4.78, 5) is 11.9. The van der Waals surface area contributed by atoms with Crippen molar-refractivity contribution < 1.29 is 17.9 Å². The molecule has 1 amide bonds. The molecule has 6 nitrogen and oxygen atoms in total. The van der Waals surface area contributed by atoms with Crippen LogP contribution in [0, 0.1) is 12.8 Å². The van der Waals surface area contributed by atoms with E-state index in [-0.39, 0.29) is 21.7 Å². The van der Waals surface area contributed by atoms with Crippen LogP contribution in [0.4, 0.5) is 5.69 Å². The van der Waals surface area contributed by atoms with Gasteiger partial charge in [0.1, 0.15) is 0 Å². The van der Waals surface area contributed by atoms with E-state index in [2.05, 4.69) is 5.32 Å². The minimum absolute atomic E-state index is 0.0813. The molecule has 0 saturated carbocycles. The topological polar surface area (TPSA) is 98.5 Å². The molecule has 8 heteroatoms. The van der Waals surface area contributed by atoms with Gasteiger partial charge in [-0.2, -0.15) is 0 Å². The molecule has 1 heterocycles. The molecule has 0 aromatic heterocycles. The van der Waals surface area contributed by atoms with Gasteiger partial charge in [-0.1, -0.05) is 11.6 Å². The van der Waals surface area contributed by atoms with Gasteiger partial charge in [-0.05, 0) is 31.0 Å². The molecular weight excluding hydrogens is 304 g/mol. The van der Waals surface area contributed by atoms with E-state index in [1.54, 1.807) is 6.92 Å². The second kappa shape index (κ2) is 5.69. The summed E-state index contributed by atoms with van der Waals surface area (Å²) >= 11 is 6.03. The molecule has 0 radical (unpaired) electrons. The SMILES string of the molecule is Cc1cc(S(N)(=O)=O)cc(Cl)c1NC(=O)C1CCOC1. The predicted octanol–water partition coefficient (Wildman–Crippen LogP) is 1.27. The number of nitrogens with two attached hydrogens (primary N) is 1. The highest BCUT2D eigenvalue weighted by Crippen LogP contribution is 2.30. The van der Waals surface area contributed by atoms with Gasteiger partial charge in [0.05, 0.1) is 28.1 Å². The van der Waals surface area contributed by atoms with Crippen LogP contribution < -0.4 is 10.5 Å². The number of aryl methyl sites for hydroxylation is 1. The summed E-state index contributed by atoms with van der Waals surface area (Å²) in [5.41, 5.74) is 0.935. The molecule has 1 aliphatic rings. The second-order valence-corrected chi connectivity index (χ2v) is 6.66. The van der Waals surface area contributed by atoms with Crippen LogP contribution >= 0.6 is 11.6 Å². The average Bonchev–Trinajstić information content (AvgIpc) is 2.85. The van der Waals surface area contributed by atoms with Gasteiger partial charge in [-0.25, -0.2) is 13.6 Å². The molecule has 1 atom stereocenters. The number of anilines is 1. The third-order valence-electron chi connectivity index (χ3n) is 3.14. The first-order valence-electron chi connectivity index (χ1n) is 6.00. The van der Waals surface area contributed by atoms with E-state index < -0.39 is 10.0 Å². The number of hydrogen-bond acceptors (Lipinski definition) is 4. The quantitative estimate of drug-likeness (QED) is 0.876. The van der Waals surface area contributed by atoms with Gasteiger partial charge < -0.3 is 10.1 Å². The first kappa shape index (κ1) is 15.2. The van der Waals surface area contributed by atoms with Crippen LogP contribution in [0.15, 0.2) is 17.0 Å². The maximum absolute atomic E-state index is 12.0. The van der Waals surface area contributed by atoms with Gasteiger partial charge in [0.2, 0.25) is 15.9 Å². The van der Waals surface area contributed by atoms with Crippen molar-refractivity contribution in [3.8, 4) is 0 Å². The molecule has 0 aliphatic carbocycles. The minimum Gasteiger partial charge on any atom is -0.381 e. The fourth-order valence-electron chi connectivity index (χ4n) is 2.00. The van der Waals surface area contributed by atoms with E-state index in [9.17, 15) is 13.2 Å². The van der Waals surface area contributed by atoms with Crippen LogP contribution in [0.3, 0.4) is 0 Å². The van der Waals surface area contributed by atoms with Crippen LogP contribution in [-0.2, 0) is 19.6 Å². The Bertz CT molecular complexity index is 616. The Morgan fingerprint density at radius 3 is 2.70 bits per heavy atom. The number of carbonyl (C=O) groups is 1. The van der Waals surface area contributed by atoms with Crippen molar-refractivity contribution in [2.75, 3.05) is 18.5 Å². The Hall–Kier alpha value is -1.15. The van der Waals surface area contributed by atoms with Crippen molar-refractivity contribution in [3.05, 3.63) is 22.7 Å². The first-order chi connectivity index (χ1) is 9.29. The molecule has 1 fully saturated rings. The number of sulfonamides is 1. The molecule has 1 unspecified atom stereocenters. The number of hydrogen-bond donors (Lipinski definition) is 2. The molecule has 1 aromatic carbocycles. The van der Waals surface area contributed by atoms with Crippen LogP contribution in [0.25, 0.3) is 0 Å². The number of carbonyl (C=O) groups excluding carboxylic acids is 1. The minimum atomic E-state index is -3.83. The third kappa shape index (κ3) is 3.29. The lowest BCUT2D eigenvalue weighted by Crippen LogP contribution is -2.23. The largest absolute Gasteiger partial charge is 0.381 e. The zero-order chi connectivity index (χ0) is 14.9. The van der Waals surface area contributed by atoms with E-state index in [1.807, 2.05) is 0 Å². The van der Waals surface area contributed by atoms with Crippen LogP contribution in [0.2, 0.25) is 5.02 Å². The lowest BCUT2D eigenvalue weighted by molar-refractivity contribution is -0.119. The van der Waals surface area contributed by atoms with Crippen molar-refractivity contribution in [2.45, 2.75) is 18.2 Å². The fraction of sp³-hybridized carbons (Fsp3) is 0.417. The van der Waals surface area contributed by atoms with Gasteiger partial charge >= 0.3 is 0 Å². The van der Waals surface area contributed by atoms with Crippen LogP contribution in [0.1, 0.15) is 12.0 Å². The number of primary sulfonamides is 1. The van der Waals surface area contributed by atoms with Gasteiger partial charge in [0, 0.05) is 6.61 Å². The smallest absolute Gasteiger partial charge is 0.238 e. The van der Waals surface area contributed by atoms with Crippen molar-refractivity contribution in [1.29, 1.82) is 0 Å². The molecular formula is C12H15ClN2O4S. The third-order valence-corrected chi connectivity index (χ3v) is 4.33. The highest BCUT2D eigenvalue weighted by molar-refractivity contribution is 7.89. The van der Waals surface area contributed by atoms with E-state index in [0.29, 0.717) is 30.9 Å². The molecule has 1 aromatic rings. The summed E-state index contributed by atoms with van der Waals surface area (Å²) in [7, 11) is -3.83. The van der Waals surface area contributed by atoms with Crippen molar-refractivity contribution in [3.63, 3.8) is 0 Å². The standard InChI is InChI=1S/C12H15ClN2O4S/c1-7-4-9(20(14,17)18)5-10(13)11(7)15-12(16)8-2-3-19-6-8/h4-5,8H,2-3,6H2,1H3,(H,15,16)(H2,14,17,18). The summed E-state index contributed by atoms with van der Waals surface area (Å²) < 4.78 is 27.7. The Morgan fingerprint density at radius 2 is 2.20 bits per heavy atom.